The number of carbonyl (C=O) groups is 1. The van der Waals surface area contributed by atoms with Crippen LogP contribution in [0.4, 0.5) is 0 Å². The predicted octanol–water partition coefficient (Wildman–Crippen LogP) is 3.97. The first-order valence-electron chi connectivity index (χ1n) is 11.1. The van der Waals surface area contributed by atoms with Crippen LogP contribution in [0.15, 0.2) is 33.5 Å². The summed E-state index contributed by atoms with van der Waals surface area (Å²) >= 11 is 2.80. The van der Waals surface area contributed by atoms with Gasteiger partial charge >= 0.3 is 0 Å². The van der Waals surface area contributed by atoms with Crippen LogP contribution in [0, 0.1) is 13.8 Å². The van der Waals surface area contributed by atoms with Crippen LogP contribution in [0.25, 0.3) is 21.3 Å². The molecule has 1 amide bonds. The minimum absolute atomic E-state index is 0.00120. The molecule has 3 aromatic rings. The van der Waals surface area contributed by atoms with Gasteiger partial charge in [0.05, 0.1) is 11.1 Å². The molecule has 0 aliphatic carbocycles. The van der Waals surface area contributed by atoms with Crippen LogP contribution in [0.5, 0.6) is 0 Å². The zero-order valence-corrected chi connectivity index (χ0v) is 20.7. The number of rotatable bonds is 6. The average molecular weight is 471 g/mol. The molecule has 1 aromatic carbocycles. The van der Waals surface area contributed by atoms with Gasteiger partial charge in [-0.1, -0.05) is 36.9 Å². The summed E-state index contributed by atoms with van der Waals surface area (Å²) in [6.07, 6.45) is 1.98. The molecule has 0 radical (unpaired) electrons. The van der Waals surface area contributed by atoms with E-state index in [0.29, 0.717) is 10.5 Å². The van der Waals surface area contributed by atoms with Crippen molar-refractivity contribution in [2.45, 2.75) is 44.8 Å². The Morgan fingerprint density at radius 2 is 2.00 bits per heavy atom. The number of nitrogens with one attached hydrogen (secondary N) is 1. The van der Waals surface area contributed by atoms with Crippen molar-refractivity contribution in [3.8, 4) is 11.1 Å². The molecular formula is C24H30N4O2S2. The van der Waals surface area contributed by atoms with Gasteiger partial charge in [0.15, 0.2) is 5.16 Å². The lowest BCUT2D eigenvalue weighted by Crippen LogP contribution is -2.45. The van der Waals surface area contributed by atoms with Crippen molar-refractivity contribution in [1.29, 1.82) is 0 Å². The first-order valence-corrected chi connectivity index (χ1v) is 12.9. The number of carbonyl (C=O) groups excluding carboxylic acids is 1. The third kappa shape index (κ3) is 4.77. The van der Waals surface area contributed by atoms with Crippen LogP contribution in [0.3, 0.4) is 0 Å². The number of fused-ring (bicyclic) bond motifs is 1. The molecule has 1 N–H and O–H groups in total. The summed E-state index contributed by atoms with van der Waals surface area (Å²) in [7, 11) is 1.73. The third-order valence-corrected chi connectivity index (χ3v) is 8.23. The third-order valence-electron chi connectivity index (χ3n) is 6.32. The summed E-state index contributed by atoms with van der Waals surface area (Å²) in [5.74, 6) is 0.260. The number of amides is 1. The van der Waals surface area contributed by atoms with Crippen LogP contribution in [0.1, 0.15) is 30.9 Å². The summed E-state index contributed by atoms with van der Waals surface area (Å²) in [4.78, 5) is 33.5. The van der Waals surface area contributed by atoms with Crippen molar-refractivity contribution in [3.63, 3.8) is 0 Å². The smallest absolute Gasteiger partial charge is 0.263 e. The molecule has 3 heterocycles. The van der Waals surface area contributed by atoms with Crippen LogP contribution >= 0.6 is 23.1 Å². The van der Waals surface area contributed by atoms with Crippen molar-refractivity contribution < 1.29 is 4.79 Å². The van der Waals surface area contributed by atoms with E-state index >= 15 is 0 Å². The lowest BCUT2D eigenvalue weighted by molar-refractivity contribution is -0.119. The molecule has 0 unspecified atom stereocenters. The highest BCUT2D eigenvalue weighted by atomic mass is 32.2. The Morgan fingerprint density at radius 3 is 2.69 bits per heavy atom. The van der Waals surface area contributed by atoms with Gasteiger partial charge in [0.25, 0.3) is 5.56 Å². The Labute approximate surface area is 197 Å². The molecular weight excluding hydrogens is 440 g/mol. The predicted molar refractivity (Wildman–Crippen MR) is 134 cm³/mol. The summed E-state index contributed by atoms with van der Waals surface area (Å²) < 4.78 is 1.57. The number of hydrogen-bond acceptors (Lipinski definition) is 6. The topological polar surface area (TPSA) is 67.2 Å². The molecule has 170 valence electrons. The minimum atomic E-state index is -0.0701. The number of thiophene rings is 1. The van der Waals surface area contributed by atoms with E-state index in [1.807, 2.05) is 5.38 Å². The SMILES string of the molecule is CCN1CCC(NC(=O)CSc2nc3scc(-c4ccc(C)c(C)c4)c3c(=O)n2C)CC1. The second kappa shape index (κ2) is 9.77. The van der Waals surface area contributed by atoms with Gasteiger partial charge in [0, 0.05) is 37.1 Å². The Hall–Kier alpha value is -2.16. The Morgan fingerprint density at radius 1 is 1.25 bits per heavy atom. The number of thioether (sulfide) groups is 1. The molecule has 0 bridgehead atoms. The zero-order valence-electron chi connectivity index (χ0n) is 19.1. The number of nitrogens with zero attached hydrogens (tertiary/aromatic N) is 3. The van der Waals surface area contributed by atoms with E-state index in [0.717, 1.165) is 48.4 Å². The fourth-order valence-electron chi connectivity index (χ4n) is 4.10. The molecule has 0 atom stereocenters. The highest BCUT2D eigenvalue weighted by molar-refractivity contribution is 7.99. The molecule has 0 saturated carbocycles. The van der Waals surface area contributed by atoms with Crippen molar-refractivity contribution >= 4 is 39.2 Å². The Bertz CT molecular complexity index is 1190. The lowest BCUT2D eigenvalue weighted by Gasteiger charge is -2.31. The first-order chi connectivity index (χ1) is 15.4. The van der Waals surface area contributed by atoms with Gasteiger partial charge in [-0.3, -0.25) is 14.2 Å². The summed E-state index contributed by atoms with van der Waals surface area (Å²) in [5, 5.41) is 6.37. The summed E-state index contributed by atoms with van der Waals surface area (Å²) in [5.41, 5.74) is 4.32. The van der Waals surface area contributed by atoms with Crippen LogP contribution < -0.4 is 10.9 Å². The highest BCUT2D eigenvalue weighted by Crippen LogP contribution is 2.33. The first kappa shape index (κ1) is 23.0. The molecule has 4 rings (SSSR count). The average Bonchev–Trinajstić information content (AvgIpc) is 3.21. The Kier molecular flexibility index (Phi) is 7.02. The van der Waals surface area contributed by atoms with E-state index in [9.17, 15) is 9.59 Å². The standard InChI is InChI=1S/C24H30N4O2S2/c1-5-28-10-8-18(9-11-28)25-20(29)14-32-24-26-22-21(23(30)27(24)4)19(13-31-22)17-7-6-15(2)16(3)12-17/h6-7,12-13,18H,5,8-11,14H2,1-4H3,(H,25,29). The fraction of sp³-hybridized carbons (Fsp3) is 0.458. The van der Waals surface area contributed by atoms with Crippen molar-refractivity contribution in [3.05, 3.63) is 45.1 Å². The number of aryl methyl sites for hydroxylation is 2. The number of aromatic nitrogens is 2. The van der Waals surface area contributed by atoms with E-state index in [1.165, 1.54) is 34.2 Å². The maximum absolute atomic E-state index is 13.2. The van der Waals surface area contributed by atoms with Crippen LogP contribution in [-0.4, -0.2) is 51.8 Å². The lowest BCUT2D eigenvalue weighted by atomic mass is 10.0. The van der Waals surface area contributed by atoms with Crippen LogP contribution in [0.2, 0.25) is 0 Å². The maximum atomic E-state index is 13.2. The number of hydrogen-bond donors (Lipinski definition) is 1. The molecule has 1 aliphatic heterocycles. The van der Waals surface area contributed by atoms with E-state index in [4.69, 9.17) is 4.98 Å². The van der Waals surface area contributed by atoms with E-state index in [1.54, 1.807) is 11.6 Å². The van der Waals surface area contributed by atoms with E-state index in [-0.39, 0.29) is 23.3 Å². The van der Waals surface area contributed by atoms with Gasteiger partial charge in [0.1, 0.15) is 4.83 Å². The van der Waals surface area contributed by atoms with Crippen molar-refractivity contribution in [2.24, 2.45) is 7.05 Å². The monoisotopic (exact) mass is 470 g/mol. The second-order valence-electron chi connectivity index (χ2n) is 8.45. The molecule has 0 spiro atoms. The quantitative estimate of drug-likeness (QED) is 0.436. The van der Waals surface area contributed by atoms with Gasteiger partial charge in [-0.15, -0.1) is 11.3 Å². The fourth-order valence-corrected chi connectivity index (χ4v) is 5.87. The van der Waals surface area contributed by atoms with Crippen molar-refractivity contribution in [1.82, 2.24) is 19.8 Å². The molecule has 8 heteroatoms. The molecule has 6 nitrogen and oxygen atoms in total. The van der Waals surface area contributed by atoms with Gasteiger partial charge in [-0.25, -0.2) is 4.98 Å². The zero-order chi connectivity index (χ0) is 22.8. The minimum Gasteiger partial charge on any atom is -0.353 e. The molecule has 1 saturated heterocycles. The Balaban J connectivity index is 1.48. The highest BCUT2D eigenvalue weighted by Gasteiger charge is 2.21. The van der Waals surface area contributed by atoms with Gasteiger partial charge < -0.3 is 10.2 Å². The second-order valence-corrected chi connectivity index (χ2v) is 10.3. The van der Waals surface area contributed by atoms with Gasteiger partial charge in [0.2, 0.25) is 5.91 Å². The number of likely N-dealkylation sites (tertiary alicyclic amines) is 1. The number of benzene rings is 1. The normalized spacial score (nSPS) is 15.4. The summed E-state index contributed by atoms with van der Waals surface area (Å²) in [6, 6.07) is 6.50. The van der Waals surface area contributed by atoms with Gasteiger partial charge in [-0.2, -0.15) is 0 Å². The number of piperidine rings is 1. The van der Waals surface area contributed by atoms with E-state index in [2.05, 4.69) is 49.2 Å². The summed E-state index contributed by atoms with van der Waals surface area (Å²) in [6.45, 7) is 9.45. The van der Waals surface area contributed by atoms with Gasteiger partial charge in [-0.05, 0) is 49.9 Å². The molecule has 2 aromatic heterocycles. The van der Waals surface area contributed by atoms with E-state index < -0.39 is 0 Å². The van der Waals surface area contributed by atoms with Crippen LogP contribution in [-0.2, 0) is 11.8 Å². The maximum Gasteiger partial charge on any atom is 0.263 e. The molecule has 1 aliphatic rings. The molecule has 1 fully saturated rings. The molecule has 32 heavy (non-hydrogen) atoms. The largest absolute Gasteiger partial charge is 0.353 e. The van der Waals surface area contributed by atoms with Crippen molar-refractivity contribution in [2.75, 3.05) is 25.4 Å².